The van der Waals surface area contributed by atoms with Gasteiger partial charge in [0.1, 0.15) is 6.04 Å². The molecule has 5 heteroatoms. The Balaban J connectivity index is 1.91. The van der Waals surface area contributed by atoms with E-state index in [9.17, 15) is 14.4 Å². The van der Waals surface area contributed by atoms with Crippen molar-refractivity contribution in [1.29, 1.82) is 0 Å². The number of amides is 1. The van der Waals surface area contributed by atoms with E-state index in [1.165, 1.54) is 0 Å². The Kier molecular flexibility index (Phi) is 6.09. The van der Waals surface area contributed by atoms with Crippen LogP contribution in [0.5, 0.6) is 0 Å². The summed E-state index contributed by atoms with van der Waals surface area (Å²) < 4.78 is 0. The first-order valence-corrected chi connectivity index (χ1v) is 8.88. The maximum Gasteiger partial charge on any atom is 0.268 e. The highest BCUT2D eigenvalue weighted by atomic mass is 16.2. The van der Waals surface area contributed by atoms with Gasteiger partial charge in [-0.2, -0.15) is 0 Å². The molecular weight excluding hydrogens is 352 g/mol. The zero-order chi connectivity index (χ0) is 19.9. The Labute approximate surface area is 163 Å². The molecular formula is C23H20N2O3. The number of ketones is 2. The summed E-state index contributed by atoms with van der Waals surface area (Å²) in [6.45, 7) is 0. The predicted molar refractivity (Wildman–Crippen MR) is 107 cm³/mol. The van der Waals surface area contributed by atoms with Gasteiger partial charge in [0.2, 0.25) is 0 Å². The number of hydrogen-bond acceptors (Lipinski definition) is 4. The third-order valence-electron chi connectivity index (χ3n) is 4.43. The number of carbonyl (C=O) groups is 3. The summed E-state index contributed by atoms with van der Waals surface area (Å²) in [5.74, 6) is 4.91. The molecule has 28 heavy (non-hydrogen) atoms. The first-order chi connectivity index (χ1) is 13.6. The van der Waals surface area contributed by atoms with E-state index in [1.54, 1.807) is 91.0 Å². The number of Topliss-reactive ketones (excluding diaryl/α,β-unsaturated/α-hetero) is 2. The van der Waals surface area contributed by atoms with E-state index in [0.717, 1.165) is 5.01 Å². The van der Waals surface area contributed by atoms with Gasteiger partial charge in [-0.25, -0.2) is 5.84 Å². The molecule has 0 aliphatic rings. The molecule has 0 radical (unpaired) electrons. The highest BCUT2D eigenvalue weighted by Gasteiger charge is 2.31. The van der Waals surface area contributed by atoms with Crippen LogP contribution in [0, 0.1) is 0 Å². The van der Waals surface area contributed by atoms with Crippen LogP contribution < -0.4 is 5.84 Å². The minimum Gasteiger partial charge on any atom is -0.294 e. The van der Waals surface area contributed by atoms with E-state index in [-0.39, 0.29) is 18.0 Å². The quantitative estimate of drug-likeness (QED) is 0.298. The van der Waals surface area contributed by atoms with Crippen molar-refractivity contribution in [3.05, 3.63) is 108 Å². The molecule has 0 heterocycles. The third-order valence-corrected chi connectivity index (χ3v) is 4.43. The fraction of sp³-hybridized carbons (Fsp3) is 0.0870. The van der Waals surface area contributed by atoms with Crippen molar-refractivity contribution >= 4 is 17.5 Å². The van der Waals surface area contributed by atoms with Crippen LogP contribution in [0.25, 0.3) is 0 Å². The summed E-state index contributed by atoms with van der Waals surface area (Å²) >= 11 is 0. The number of hydrogen-bond donors (Lipinski definition) is 1. The van der Waals surface area contributed by atoms with E-state index in [2.05, 4.69) is 0 Å². The van der Waals surface area contributed by atoms with Gasteiger partial charge in [0.05, 0.1) is 0 Å². The lowest BCUT2D eigenvalue weighted by molar-refractivity contribution is 0.0585. The van der Waals surface area contributed by atoms with Crippen molar-refractivity contribution in [2.75, 3.05) is 0 Å². The van der Waals surface area contributed by atoms with Crippen molar-refractivity contribution < 1.29 is 14.4 Å². The Bertz CT molecular complexity index is 957. The molecule has 0 saturated heterocycles. The largest absolute Gasteiger partial charge is 0.294 e. The number of carbonyl (C=O) groups excluding carboxylic acids is 3. The van der Waals surface area contributed by atoms with Crippen LogP contribution in [0.3, 0.4) is 0 Å². The van der Waals surface area contributed by atoms with Gasteiger partial charge >= 0.3 is 0 Å². The number of nitrogens with two attached hydrogens (primary N) is 1. The van der Waals surface area contributed by atoms with Crippen LogP contribution >= 0.6 is 0 Å². The zero-order valence-corrected chi connectivity index (χ0v) is 15.2. The van der Waals surface area contributed by atoms with Crippen molar-refractivity contribution in [3.8, 4) is 0 Å². The zero-order valence-electron chi connectivity index (χ0n) is 15.2. The maximum atomic E-state index is 13.1. The Morgan fingerprint density at radius 2 is 1.11 bits per heavy atom. The molecule has 0 bridgehead atoms. The highest BCUT2D eigenvalue weighted by molar-refractivity contribution is 6.08. The second-order valence-electron chi connectivity index (χ2n) is 6.32. The lowest BCUT2D eigenvalue weighted by Crippen LogP contribution is -2.50. The van der Waals surface area contributed by atoms with Gasteiger partial charge in [0, 0.05) is 23.1 Å². The molecule has 2 N–H and O–H groups in total. The second kappa shape index (κ2) is 8.88. The number of rotatable bonds is 7. The van der Waals surface area contributed by atoms with Crippen LogP contribution in [0.4, 0.5) is 0 Å². The molecule has 1 unspecified atom stereocenters. The van der Waals surface area contributed by atoms with Crippen LogP contribution in [-0.4, -0.2) is 28.5 Å². The SMILES string of the molecule is NN(C(=O)c1ccccc1)C(CC(=O)c1ccccc1)C(=O)c1ccccc1. The van der Waals surface area contributed by atoms with E-state index in [4.69, 9.17) is 5.84 Å². The molecule has 3 rings (SSSR count). The number of hydrazine groups is 1. The summed E-state index contributed by atoms with van der Waals surface area (Å²) in [7, 11) is 0. The van der Waals surface area contributed by atoms with Crippen LogP contribution in [0.15, 0.2) is 91.0 Å². The minimum atomic E-state index is -1.11. The smallest absolute Gasteiger partial charge is 0.268 e. The minimum absolute atomic E-state index is 0.202. The molecule has 0 aromatic heterocycles. The molecule has 5 nitrogen and oxygen atoms in total. The van der Waals surface area contributed by atoms with Gasteiger partial charge in [0.15, 0.2) is 11.6 Å². The summed E-state index contributed by atoms with van der Waals surface area (Å²) in [6.07, 6.45) is -0.202. The standard InChI is InChI=1S/C23H20N2O3/c24-25(23(28)19-14-8-3-9-15-19)20(22(27)18-12-6-2-7-13-18)16-21(26)17-10-4-1-5-11-17/h1-15,20H,16,24H2. The van der Waals surface area contributed by atoms with E-state index >= 15 is 0 Å². The molecule has 0 saturated carbocycles. The van der Waals surface area contributed by atoms with Crippen LogP contribution in [-0.2, 0) is 0 Å². The molecule has 0 aliphatic carbocycles. The fourth-order valence-electron chi connectivity index (χ4n) is 2.90. The first kappa shape index (κ1) is 19.2. The van der Waals surface area contributed by atoms with Crippen molar-refractivity contribution in [2.45, 2.75) is 12.5 Å². The Hall–Kier alpha value is -3.57. The molecule has 3 aromatic carbocycles. The molecule has 0 fully saturated rings. The first-order valence-electron chi connectivity index (χ1n) is 8.88. The van der Waals surface area contributed by atoms with Gasteiger partial charge in [0.25, 0.3) is 5.91 Å². The molecule has 1 amide bonds. The summed E-state index contributed by atoms with van der Waals surface area (Å²) in [6, 6.07) is 24.5. The lowest BCUT2D eigenvalue weighted by Gasteiger charge is -2.26. The van der Waals surface area contributed by atoms with Gasteiger partial charge < -0.3 is 0 Å². The van der Waals surface area contributed by atoms with Crippen molar-refractivity contribution in [2.24, 2.45) is 5.84 Å². The second-order valence-corrected chi connectivity index (χ2v) is 6.32. The lowest BCUT2D eigenvalue weighted by atomic mass is 9.96. The predicted octanol–water partition coefficient (Wildman–Crippen LogP) is 3.53. The normalized spacial score (nSPS) is 11.5. The van der Waals surface area contributed by atoms with Crippen LogP contribution in [0.2, 0.25) is 0 Å². The molecule has 0 spiro atoms. The molecule has 1 atom stereocenters. The highest BCUT2D eigenvalue weighted by Crippen LogP contribution is 2.16. The van der Waals surface area contributed by atoms with E-state index in [0.29, 0.717) is 16.7 Å². The van der Waals surface area contributed by atoms with E-state index < -0.39 is 11.9 Å². The van der Waals surface area contributed by atoms with Gasteiger partial charge in [-0.1, -0.05) is 78.9 Å². The molecule has 3 aromatic rings. The monoisotopic (exact) mass is 372 g/mol. The fourth-order valence-corrected chi connectivity index (χ4v) is 2.90. The Morgan fingerprint density at radius 3 is 1.61 bits per heavy atom. The van der Waals surface area contributed by atoms with Gasteiger partial charge in [-0.3, -0.25) is 19.4 Å². The Morgan fingerprint density at radius 1 is 0.679 bits per heavy atom. The number of benzene rings is 3. The topological polar surface area (TPSA) is 80.5 Å². The van der Waals surface area contributed by atoms with Crippen molar-refractivity contribution in [3.63, 3.8) is 0 Å². The third kappa shape index (κ3) is 4.39. The van der Waals surface area contributed by atoms with Crippen LogP contribution in [0.1, 0.15) is 37.5 Å². The van der Waals surface area contributed by atoms with Crippen molar-refractivity contribution in [1.82, 2.24) is 5.01 Å². The average Bonchev–Trinajstić information content (AvgIpc) is 2.77. The summed E-state index contributed by atoms with van der Waals surface area (Å²) in [5, 5.41) is 0.867. The van der Waals surface area contributed by atoms with E-state index in [1.807, 2.05) is 0 Å². The summed E-state index contributed by atoms with van der Waals surface area (Å²) in [5.41, 5.74) is 1.21. The maximum absolute atomic E-state index is 13.1. The summed E-state index contributed by atoms with van der Waals surface area (Å²) in [4.78, 5) is 38.5. The number of nitrogens with zero attached hydrogens (tertiary/aromatic N) is 1. The van der Waals surface area contributed by atoms with Gasteiger partial charge in [-0.05, 0) is 12.1 Å². The molecule has 140 valence electrons. The average molecular weight is 372 g/mol. The molecule has 0 aliphatic heterocycles. The van der Waals surface area contributed by atoms with Gasteiger partial charge in [-0.15, -0.1) is 0 Å².